The molecule has 0 unspecified atom stereocenters. The maximum absolute atomic E-state index is 6.10. The highest BCUT2D eigenvalue weighted by molar-refractivity contribution is 6.00. The van der Waals surface area contributed by atoms with Crippen molar-refractivity contribution in [3.05, 3.63) is 70.8 Å². The molecule has 0 amide bonds. The largest absolute Gasteiger partial charge is 0.493 e. The molecule has 0 radical (unpaired) electrons. The lowest BCUT2D eigenvalue weighted by atomic mass is 10.0. The summed E-state index contributed by atoms with van der Waals surface area (Å²) in [6.45, 7) is 9.60. The second-order valence-corrected chi connectivity index (χ2v) is 7.74. The van der Waals surface area contributed by atoms with Gasteiger partial charge >= 0.3 is 0 Å². The third-order valence-electron chi connectivity index (χ3n) is 5.13. The summed E-state index contributed by atoms with van der Waals surface area (Å²) in [7, 11) is 1.61. The van der Waals surface area contributed by atoms with Gasteiger partial charge in [-0.3, -0.25) is 0 Å². The van der Waals surface area contributed by atoms with Crippen LogP contribution >= 0.6 is 0 Å². The monoisotopic (exact) mass is 423 g/mol. The lowest BCUT2D eigenvalue weighted by Gasteiger charge is -2.14. The number of oxime groups is 1. The molecule has 2 aromatic carbocycles. The van der Waals surface area contributed by atoms with Gasteiger partial charge in [0.05, 0.1) is 12.3 Å². The SMILES string of the molecule is C/C=C/COc1cc(C)c(OCCCc2ccc(/C(CCCC)=N/OC)cc2)c(C)c1. The van der Waals surface area contributed by atoms with Crippen LogP contribution in [0.5, 0.6) is 11.5 Å². The van der Waals surface area contributed by atoms with E-state index in [1.165, 1.54) is 5.56 Å². The first kappa shape index (κ1) is 24.5. The molecule has 2 aromatic rings. The molecule has 0 aliphatic rings. The van der Waals surface area contributed by atoms with Crippen LogP contribution in [0.15, 0.2) is 53.7 Å². The van der Waals surface area contributed by atoms with Gasteiger partial charge in [-0.1, -0.05) is 54.9 Å². The van der Waals surface area contributed by atoms with Gasteiger partial charge in [0.1, 0.15) is 25.2 Å². The van der Waals surface area contributed by atoms with Gasteiger partial charge in [-0.15, -0.1) is 0 Å². The minimum Gasteiger partial charge on any atom is -0.493 e. The second kappa shape index (κ2) is 13.5. The van der Waals surface area contributed by atoms with Crippen LogP contribution in [0.25, 0.3) is 0 Å². The summed E-state index contributed by atoms with van der Waals surface area (Å²) in [6, 6.07) is 12.7. The first-order valence-electron chi connectivity index (χ1n) is 11.3. The Kier molecular flexibility index (Phi) is 10.7. The molecule has 0 aromatic heterocycles. The van der Waals surface area contributed by atoms with Crippen LogP contribution < -0.4 is 9.47 Å². The van der Waals surface area contributed by atoms with Crippen molar-refractivity contribution in [2.24, 2.45) is 5.16 Å². The Morgan fingerprint density at radius 2 is 1.71 bits per heavy atom. The number of ether oxygens (including phenoxy) is 2. The van der Waals surface area contributed by atoms with Gasteiger partial charge in [0.2, 0.25) is 0 Å². The number of hydrogen-bond donors (Lipinski definition) is 0. The van der Waals surface area contributed by atoms with Crippen molar-refractivity contribution in [1.29, 1.82) is 0 Å². The normalized spacial score (nSPS) is 11.7. The predicted molar refractivity (Wildman–Crippen MR) is 130 cm³/mol. The van der Waals surface area contributed by atoms with Crippen molar-refractivity contribution in [2.75, 3.05) is 20.3 Å². The fourth-order valence-corrected chi connectivity index (χ4v) is 3.47. The quantitative estimate of drug-likeness (QED) is 0.154. The average Bonchev–Trinajstić information content (AvgIpc) is 2.76. The van der Waals surface area contributed by atoms with E-state index in [0.717, 1.165) is 66.0 Å². The van der Waals surface area contributed by atoms with Crippen LogP contribution in [0, 0.1) is 13.8 Å². The Balaban J connectivity index is 1.86. The van der Waals surface area contributed by atoms with Crippen molar-refractivity contribution in [2.45, 2.75) is 59.8 Å². The standard InChI is InChI=1S/C27H37NO3/c1-6-8-12-26(28-29-5)24-15-13-23(14-16-24)11-10-18-31-27-21(3)19-25(20-22(27)4)30-17-9-7-2/h7,9,13-16,19-20H,6,8,10-12,17-18H2,1-5H3/b9-7+,28-26+. The number of rotatable bonds is 13. The summed E-state index contributed by atoms with van der Waals surface area (Å²) >= 11 is 0. The molecule has 2 rings (SSSR count). The first-order chi connectivity index (χ1) is 15.1. The Hall–Kier alpha value is -2.75. The molecular formula is C27H37NO3. The maximum Gasteiger partial charge on any atom is 0.125 e. The molecule has 4 nitrogen and oxygen atoms in total. The molecule has 0 aliphatic heterocycles. The minimum atomic E-state index is 0.589. The van der Waals surface area contributed by atoms with E-state index in [9.17, 15) is 0 Å². The number of benzene rings is 2. The maximum atomic E-state index is 6.10. The van der Waals surface area contributed by atoms with Crippen LogP contribution in [-0.2, 0) is 11.3 Å². The Morgan fingerprint density at radius 3 is 2.32 bits per heavy atom. The van der Waals surface area contributed by atoms with Gasteiger partial charge in [-0.25, -0.2) is 0 Å². The van der Waals surface area contributed by atoms with Crippen molar-refractivity contribution in [3.8, 4) is 11.5 Å². The first-order valence-corrected chi connectivity index (χ1v) is 11.3. The topological polar surface area (TPSA) is 40.0 Å². The van der Waals surface area contributed by atoms with Crippen molar-refractivity contribution >= 4 is 5.71 Å². The van der Waals surface area contributed by atoms with Gasteiger partial charge in [0, 0.05) is 0 Å². The molecule has 31 heavy (non-hydrogen) atoms. The molecule has 0 N–H and O–H groups in total. The van der Waals surface area contributed by atoms with E-state index in [4.69, 9.17) is 14.3 Å². The van der Waals surface area contributed by atoms with E-state index in [1.807, 2.05) is 31.2 Å². The summed E-state index contributed by atoms with van der Waals surface area (Å²) < 4.78 is 11.9. The highest BCUT2D eigenvalue weighted by atomic mass is 16.6. The van der Waals surface area contributed by atoms with Gasteiger partial charge in [-0.2, -0.15) is 0 Å². The number of allylic oxidation sites excluding steroid dienone is 1. The fraction of sp³-hybridized carbons (Fsp3) is 0.444. The highest BCUT2D eigenvalue weighted by Gasteiger charge is 2.08. The van der Waals surface area contributed by atoms with Crippen molar-refractivity contribution in [3.63, 3.8) is 0 Å². The second-order valence-electron chi connectivity index (χ2n) is 7.74. The van der Waals surface area contributed by atoms with Crippen molar-refractivity contribution in [1.82, 2.24) is 0 Å². The molecule has 0 saturated heterocycles. The third-order valence-corrected chi connectivity index (χ3v) is 5.13. The number of hydrogen-bond acceptors (Lipinski definition) is 4. The van der Waals surface area contributed by atoms with Crippen LogP contribution in [0.4, 0.5) is 0 Å². The molecule has 0 heterocycles. The number of nitrogens with zero attached hydrogens (tertiary/aromatic N) is 1. The molecule has 4 heteroatoms. The summed E-state index contributed by atoms with van der Waals surface area (Å²) in [4.78, 5) is 5.02. The molecular weight excluding hydrogens is 386 g/mol. The number of aryl methyl sites for hydroxylation is 3. The molecule has 0 spiro atoms. The highest BCUT2D eigenvalue weighted by Crippen LogP contribution is 2.28. The van der Waals surface area contributed by atoms with Crippen molar-refractivity contribution < 1.29 is 14.3 Å². The van der Waals surface area contributed by atoms with Gasteiger partial charge in [-0.05, 0) is 80.8 Å². The molecule has 168 valence electrons. The van der Waals surface area contributed by atoms with E-state index in [0.29, 0.717) is 13.2 Å². The van der Waals surface area contributed by atoms with Gasteiger partial charge in [0.25, 0.3) is 0 Å². The molecule has 0 bridgehead atoms. The summed E-state index contributed by atoms with van der Waals surface area (Å²) in [5.41, 5.74) is 5.68. The minimum absolute atomic E-state index is 0.589. The van der Waals surface area contributed by atoms with E-state index in [-0.39, 0.29) is 0 Å². The summed E-state index contributed by atoms with van der Waals surface area (Å²) in [5.74, 6) is 1.85. The van der Waals surface area contributed by atoms with E-state index in [2.05, 4.69) is 50.2 Å². The Labute approximate surface area is 187 Å². The Morgan fingerprint density at radius 1 is 1.00 bits per heavy atom. The van der Waals surface area contributed by atoms with Gasteiger partial charge < -0.3 is 14.3 Å². The zero-order valence-electron chi connectivity index (χ0n) is 19.7. The van der Waals surface area contributed by atoms with E-state index >= 15 is 0 Å². The third kappa shape index (κ3) is 8.12. The lowest BCUT2D eigenvalue weighted by Crippen LogP contribution is -2.04. The van der Waals surface area contributed by atoms with Crippen LogP contribution in [0.1, 0.15) is 61.8 Å². The van der Waals surface area contributed by atoms with Crippen LogP contribution in [0.2, 0.25) is 0 Å². The van der Waals surface area contributed by atoms with Crippen LogP contribution in [-0.4, -0.2) is 26.0 Å². The van der Waals surface area contributed by atoms with Gasteiger partial charge in [0.15, 0.2) is 0 Å². The summed E-state index contributed by atoms with van der Waals surface area (Å²) in [6.07, 6.45) is 9.13. The smallest absolute Gasteiger partial charge is 0.125 e. The summed E-state index contributed by atoms with van der Waals surface area (Å²) in [5, 5.41) is 4.20. The average molecular weight is 424 g/mol. The zero-order valence-corrected chi connectivity index (χ0v) is 19.7. The molecule has 0 fully saturated rings. The molecule has 0 atom stereocenters. The fourth-order valence-electron chi connectivity index (χ4n) is 3.47. The predicted octanol–water partition coefficient (Wildman–Crippen LogP) is 6.81. The number of unbranched alkanes of at least 4 members (excludes halogenated alkanes) is 1. The zero-order chi connectivity index (χ0) is 22.5. The van der Waals surface area contributed by atoms with Crippen LogP contribution in [0.3, 0.4) is 0 Å². The molecule has 0 aliphatic carbocycles. The van der Waals surface area contributed by atoms with E-state index < -0.39 is 0 Å². The molecule has 0 saturated carbocycles. The Bertz CT molecular complexity index is 830. The van der Waals surface area contributed by atoms with E-state index in [1.54, 1.807) is 7.11 Å². The lowest BCUT2D eigenvalue weighted by molar-refractivity contribution is 0.212.